The topological polar surface area (TPSA) is 29.3 Å². The first-order valence-electron chi connectivity index (χ1n) is 7.01. The molecule has 0 spiro atoms. The number of halogens is 1. The van der Waals surface area contributed by atoms with Gasteiger partial charge in [-0.25, -0.2) is 4.98 Å². The van der Waals surface area contributed by atoms with Crippen LogP contribution in [0.1, 0.15) is 33.4 Å². The number of fused-ring (bicyclic) bond motifs is 1. The van der Waals surface area contributed by atoms with Gasteiger partial charge in [0.05, 0.1) is 5.69 Å². The first-order chi connectivity index (χ1) is 9.49. The maximum absolute atomic E-state index is 6.25. The normalized spacial score (nSPS) is 13.1. The Kier molecular flexibility index (Phi) is 5.24. The summed E-state index contributed by atoms with van der Waals surface area (Å²) in [5.41, 5.74) is 2.33. The molecular weight excluding hydrogens is 290 g/mol. The molecule has 0 radical (unpaired) electrons. The fourth-order valence-corrected chi connectivity index (χ4v) is 3.01. The van der Waals surface area contributed by atoms with Crippen LogP contribution >= 0.6 is 22.9 Å². The van der Waals surface area contributed by atoms with Gasteiger partial charge in [-0.1, -0.05) is 44.9 Å². The zero-order valence-corrected chi connectivity index (χ0v) is 14.1. The molecule has 0 aromatic carbocycles. The molecule has 0 fully saturated rings. The van der Waals surface area contributed by atoms with Crippen molar-refractivity contribution in [1.29, 1.82) is 0 Å². The Bertz CT molecular complexity index is 595. The molecule has 2 aromatic rings. The number of aromatic nitrogens is 2. The fourth-order valence-electron chi connectivity index (χ4n) is 2.01. The van der Waals surface area contributed by atoms with E-state index < -0.39 is 0 Å². The van der Waals surface area contributed by atoms with Crippen LogP contribution in [-0.4, -0.2) is 22.5 Å². The van der Waals surface area contributed by atoms with Gasteiger partial charge in [0.1, 0.15) is 0 Å². The molecule has 0 unspecified atom stereocenters. The van der Waals surface area contributed by atoms with Crippen molar-refractivity contribution in [3.63, 3.8) is 0 Å². The molecule has 0 aliphatic heterocycles. The highest BCUT2D eigenvalue weighted by Crippen LogP contribution is 2.25. The van der Waals surface area contributed by atoms with E-state index in [1.54, 1.807) is 11.3 Å². The number of hydrogen-bond acceptors (Lipinski definition) is 3. The Hall–Kier alpha value is -0.840. The molecule has 0 aliphatic rings. The van der Waals surface area contributed by atoms with Gasteiger partial charge in [-0.05, 0) is 24.5 Å². The highest BCUT2D eigenvalue weighted by molar-refractivity contribution is 7.15. The summed E-state index contributed by atoms with van der Waals surface area (Å²) in [5.74, 6) is 1.14. The zero-order valence-electron chi connectivity index (χ0n) is 12.5. The maximum atomic E-state index is 6.25. The van der Waals surface area contributed by atoms with E-state index in [2.05, 4.69) is 48.5 Å². The van der Waals surface area contributed by atoms with Crippen LogP contribution in [0.15, 0.2) is 17.2 Å². The molecule has 20 heavy (non-hydrogen) atoms. The van der Waals surface area contributed by atoms with Crippen LogP contribution in [0.4, 0.5) is 0 Å². The van der Waals surface area contributed by atoms with Crippen molar-refractivity contribution in [1.82, 2.24) is 14.7 Å². The van der Waals surface area contributed by atoms with Gasteiger partial charge >= 0.3 is 0 Å². The van der Waals surface area contributed by atoms with Gasteiger partial charge in [0.2, 0.25) is 0 Å². The first kappa shape index (κ1) is 15.5. The highest BCUT2D eigenvalue weighted by atomic mass is 35.5. The minimum absolute atomic E-state index is 0.481. The number of nitrogens with one attached hydrogen (secondary N) is 1. The van der Waals surface area contributed by atoms with Crippen LogP contribution in [0.5, 0.6) is 0 Å². The summed E-state index contributed by atoms with van der Waals surface area (Å²) in [7, 11) is 0. The van der Waals surface area contributed by atoms with Crippen molar-refractivity contribution in [2.24, 2.45) is 11.8 Å². The van der Waals surface area contributed by atoms with Crippen molar-refractivity contribution < 1.29 is 0 Å². The second-order valence-electron chi connectivity index (χ2n) is 5.74. The van der Waals surface area contributed by atoms with Crippen molar-refractivity contribution in [2.75, 3.05) is 13.1 Å². The smallest absolute Gasteiger partial charge is 0.195 e. The lowest BCUT2D eigenvalue weighted by atomic mass is 10.0. The number of nitrogens with zero attached hydrogens (tertiary/aromatic N) is 2. The van der Waals surface area contributed by atoms with E-state index in [1.807, 2.05) is 11.6 Å². The summed E-state index contributed by atoms with van der Waals surface area (Å²) in [4.78, 5) is 5.32. The third-order valence-corrected chi connectivity index (χ3v) is 4.23. The van der Waals surface area contributed by atoms with Crippen molar-refractivity contribution in [3.8, 4) is 0 Å². The van der Waals surface area contributed by atoms with Gasteiger partial charge in [0.15, 0.2) is 10.1 Å². The molecule has 0 amide bonds. The molecule has 3 nitrogen and oxygen atoms in total. The molecule has 2 aromatic heterocycles. The van der Waals surface area contributed by atoms with E-state index in [-0.39, 0.29) is 0 Å². The van der Waals surface area contributed by atoms with E-state index in [0.29, 0.717) is 17.0 Å². The van der Waals surface area contributed by atoms with Crippen LogP contribution in [0.2, 0.25) is 5.15 Å². The third-order valence-electron chi connectivity index (χ3n) is 3.20. The summed E-state index contributed by atoms with van der Waals surface area (Å²) in [5, 5.41) is 6.11. The van der Waals surface area contributed by atoms with Gasteiger partial charge < -0.3 is 5.32 Å². The number of rotatable bonds is 6. The van der Waals surface area contributed by atoms with Crippen LogP contribution < -0.4 is 5.32 Å². The Balaban J connectivity index is 2.23. The fraction of sp³-hybridized carbons (Fsp3) is 0.533. The summed E-state index contributed by atoms with van der Waals surface area (Å²) in [6.07, 6.45) is 4.19. The molecule has 1 N–H and O–H groups in total. The zero-order chi connectivity index (χ0) is 14.7. The van der Waals surface area contributed by atoms with Gasteiger partial charge in [0.25, 0.3) is 0 Å². The summed E-state index contributed by atoms with van der Waals surface area (Å²) >= 11 is 7.85. The van der Waals surface area contributed by atoms with E-state index in [0.717, 1.165) is 23.7 Å². The monoisotopic (exact) mass is 311 g/mol. The van der Waals surface area contributed by atoms with Gasteiger partial charge in [-0.3, -0.25) is 4.40 Å². The van der Waals surface area contributed by atoms with Gasteiger partial charge in [-0.2, -0.15) is 0 Å². The molecule has 0 bridgehead atoms. The molecule has 5 heteroatoms. The van der Waals surface area contributed by atoms with Crippen LogP contribution in [0.3, 0.4) is 0 Å². The average molecular weight is 312 g/mol. The minimum atomic E-state index is 0.481. The third kappa shape index (κ3) is 3.62. The molecule has 2 rings (SSSR count). The van der Waals surface area contributed by atoms with Crippen LogP contribution in [0.25, 0.3) is 11.0 Å². The van der Waals surface area contributed by atoms with E-state index in [9.17, 15) is 0 Å². The van der Waals surface area contributed by atoms with Crippen molar-refractivity contribution in [3.05, 3.63) is 28.0 Å². The minimum Gasteiger partial charge on any atom is -0.313 e. The molecule has 0 saturated heterocycles. The van der Waals surface area contributed by atoms with Crippen LogP contribution in [0, 0.1) is 11.8 Å². The van der Waals surface area contributed by atoms with Gasteiger partial charge in [0, 0.05) is 18.1 Å². The van der Waals surface area contributed by atoms with Gasteiger partial charge in [-0.15, -0.1) is 11.3 Å². The summed E-state index contributed by atoms with van der Waals surface area (Å²) in [6, 6.07) is 0. The number of imidazole rings is 1. The Morgan fingerprint density at radius 2 is 2.20 bits per heavy atom. The molecule has 0 aliphatic carbocycles. The first-order valence-corrected chi connectivity index (χ1v) is 8.27. The van der Waals surface area contributed by atoms with E-state index in [1.165, 1.54) is 5.57 Å². The summed E-state index contributed by atoms with van der Waals surface area (Å²) < 4.78 is 2.05. The Morgan fingerprint density at radius 3 is 2.85 bits per heavy atom. The number of hydrogen-bond donors (Lipinski definition) is 1. The molecule has 0 atom stereocenters. The molecular formula is C15H22ClN3S. The average Bonchev–Trinajstić information content (AvgIpc) is 2.90. The highest BCUT2D eigenvalue weighted by Gasteiger charge is 2.11. The van der Waals surface area contributed by atoms with Crippen molar-refractivity contribution >= 4 is 34.0 Å². The predicted molar refractivity (Wildman–Crippen MR) is 88.6 cm³/mol. The van der Waals surface area contributed by atoms with Crippen LogP contribution in [-0.2, 0) is 0 Å². The standard InChI is InChI=1S/C15H22ClN3S/c1-10(2)8-17-9-12(11(3)4)7-13-14(16)18-15-19(13)5-6-20-15/h5-7,10-11,17H,8-9H2,1-4H3. The second-order valence-corrected chi connectivity index (χ2v) is 6.97. The largest absolute Gasteiger partial charge is 0.313 e. The Labute approximate surface area is 129 Å². The SMILES string of the molecule is CC(C)CNCC(=Cc1c(Cl)nc2sccn12)C(C)C. The Morgan fingerprint density at radius 1 is 1.45 bits per heavy atom. The van der Waals surface area contributed by atoms with E-state index in [4.69, 9.17) is 11.6 Å². The molecule has 0 saturated carbocycles. The summed E-state index contributed by atoms with van der Waals surface area (Å²) in [6.45, 7) is 10.8. The lowest BCUT2D eigenvalue weighted by Gasteiger charge is -2.14. The molecule has 2 heterocycles. The predicted octanol–water partition coefficient (Wildman–Crippen LogP) is 4.33. The van der Waals surface area contributed by atoms with Crippen molar-refractivity contribution in [2.45, 2.75) is 27.7 Å². The lowest BCUT2D eigenvalue weighted by molar-refractivity contribution is 0.558. The second kappa shape index (κ2) is 6.74. The quantitative estimate of drug-likeness (QED) is 0.860. The molecule has 110 valence electrons. The maximum Gasteiger partial charge on any atom is 0.195 e. The lowest BCUT2D eigenvalue weighted by Crippen LogP contribution is -2.23. The number of thiazole rings is 1. The van der Waals surface area contributed by atoms with E-state index >= 15 is 0 Å².